The first-order valence-electron chi connectivity index (χ1n) is 5.60. The van der Waals surface area contributed by atoms with Gasteiger partial charge in [0.25, 0.3) is 5.91 Å². The van der Waals surface area contributed by atoms with Gasteiger partial charge in [0.2, 0.25) is 0 Å². The Hall–Kier alpha value is -1.82. The molecule has 2 nitrogen and oxygen atoms in total. The van der Waals surface area contributed by atoms with Gasteiger partial charge in [0, 0.05) is 16.6 Å². The summed E-state index contributed by atoms with van der Waals surface area (Å²) in [5, 5.41) is 2.10. The van der Waals surface area contributed by atoms with Gasteiger partial charge in [0.05, 0.1) is 5.56 Å². The van der Waals surface area contributed by atoms with Crippen LogP contribution in [-0.4, -0.2) is 5.91 Å². The molecule has 1 N–H and O–H groups in total. The zero-order chi connectivity index (χ0) is 14.9. The lowest BCUT2D eigenvalue weighted by molar-refractivity contribution is 0.102. The van der Waals surface area contributed by atoms with E-state index in [2.05, 4.69) is 21.2 Å². The molecular formula is C14H9BrF3NO. The third-order valence-corrected chi connectivity index (χ3v) is 3.27. The van der Waals surface area contributed by atoms with Gasteiger partial charge in [-0.3, -0.25) is 4.79 Å². The highest BCUT2D eigenvalue weighted by Gasteiger charge is 2.17. The molecule has 0 heterocycles. The fourth-order valence-corrected chi connectivity index (χ4v) is 2.32. The highest BCUT2D eigenvalue weighted by Crippen LogP contribution is 2.23. The second-order valence-electron chi connectivity index (χ2n) is 4.18. The van der Waals surface area contributed by atoms with Gasteiger partial charge in [-0.05, 0) is 40.5 Å². The van der Waals surface area contributed by atoms with Gasteiger partial charge in [-0.15, -0.1) is 0 Å². The monoisotopic (exact) mass is 343 g/mol. The number of halogens is 4. The lowest BCUT2D eigenvalue weighted by Gasteiger charge is -2.09. The standard InChI is InChI=1S/C14H9BrF3NO/c1-7-2-3-9(10(15)4-7)14(20)19-13-11(17)5-8(16)6-12(13)18/h2-6H,1H3,(H,19,20). The topological polar surface area (TPSA) is 29.1 Å². The Labute approximate surface area is 121 Å². The molecule has 2 aromatic carbocycles. The molecule has 0 bridgehead atoms. The zero-order valence-electron chi connectivity index (χ0n) is 10.3. The predicted molar refractivity (Wildman–Crippen MR) is 73.1 cm³/mol. The minimum atomic E-state index is -1.17. The Bertz CT molecular complexity index is 665. The van der Waals surface area contributed by atoms with Crippen molar-refractivity contribution in [3.63, 3.8) is 0 Å². The van der Waals surface area contributed by atoms with Crippen LogP contribution in [0, 0.1) is 24.4 Å². The van der Waals surface area contributed by atoms with Gasteiger partial charge in [0.15, 0.2) is 11.6 Å². The molecule has 2 aromatic rings. The zero-order valence-corrected chi connectivity index (χ0v) is 11.9. The molecule has 0 aliphatic carbocycles. The number of hydrogen-bond acceptors (Lipinski definition) is 1. The second-order valence-corrected chi connectivity index (χ2v) is 5.04. The summed E-state index contributed by atoms with van der Waals surface area (Å²) in [5.41, 5.74) is 0.468. The Balaban J connectivity index is 2.33. The van der Waals surface area contributed by atoms with Crippen LogP contribution in [0.25, 0.3) is 0 Å². The summed E-state index contributed by atoms with van der Waals surface area (Å²) in [7, 11) is 0. The van der Waals surface area contributed by atoms with Crippen molar-refractivity contribution in [2.45, 2.75) is 6.92 Å². The van der Waals surface area contributed by atoms with Crippen molar-refractivity contribution in [1.29, 1.82) is 0 Å². The van der Waals surface area contributed by atoms with Crippen molar-refractivity contribution in [2.24, 2.45) is 0 Å². The molecule has 1 amide bonds. The molecule has 20 heavy (non-hydrogen) atoms. The minimum absolute atomic E-state index is 0.221. The SMILES string of the molecule is Cc1ccc(C(=O)Nc2c(F)cc(F)cc2F)c(Br)c1. The number of rotatable bonds is 2. The molecule has 0 unspecified atom stereocenters. The van der Waals surface area contributed by atoms with Gasteiger partial charge < -0.3 is 5.32 Å². The van der Waals surface area contributed by atoms with Gasteiger partial charge in [-0.1, -0.05) is 6.07 Å². The van der Waals surface area contributed by atoms with Crippen molar-refractivity contribution < 1.29 is 18.0 Å². The number of benzene rings is 2. The maximum atomic E-state index is 13.4. The van der Waals surface area contributed by atoms with E-state index in [0.29, 0.717) is 16.6 Å². The lowest BCUT2D eigenvalue weighted by Crippen LogP contribution is -2.15. The highest BCUT2D eigenvalue weighted by molar-refractivity contribution is 9.10. The van der Waals surface area contributed by atoms with Crippen LogP contribution in [0.15, 0.2) is 34.8 Å². The molecule has 0 saturated carbocycles. The van der Waals surface area contributed by atoms with E-state index in [-0.39, 0.29) is 5.56 Å². The quantitative estimate of drug-likeness (QED) is 0.858. The van der Waals surface area contributed by atoms with Crippen LogP contribution in [-0.2, 0) is 0 Å². The van der Waals surface area contributed by atoms with E-state index in [1.165, 1.54) is 6.07 Å². The number of carbonyl (C=O) groups excluding carboxylic acids is 1. The molecular weight excluding hydrogens is 335 g/mol. The van der Waals surface area contributed by atoms with Crippen LogP contribution in [0.3, 0.4) is 0 Å². The van der Waals surface area contributed by atoms with E-state index in [1.54, 1.807) is 12.1 Å². The van der Waals surface area contributed by atoms with Crippen molar-refractivity contribution in [1.82, 2.24) is 0 Å². The molecule has 104 valence electrons. The summed E-state index contributed by atoms with van der Waals surface area (Å²) in [4.78, 5) is 12.0. The molecule has 0 aliphatic heterocycles. The summed E-state index contributed by atoms with van der Waals surface area (Å²) in [6, 6.07) is 5.92. The van der Waals surface area contributed by atoms with Crippen molar-refractivity contribution >= 4 is 27.5 Å². The van der Waals surface area contributed by atoms with Crippen molar-refractivity contribution in [3.05, 3.63) is 63.4 Å². The first-order chi connectivity index (χ1) is 9.38. The lowest BCUT2D eigenvalue weighted by atomic mass is 10.1. The fourth-order valence-electron chi connectivity index (χ4n) is 1.65. The number of hydrogen-bond donors (Lipinski definition) is 1. The average molecular weight is 344 g/mol. The third-order valence-electron chi connectivity index (χ3n) is 2.61. The molecule has 0 atom stereocenters. The fraction of sp³-hybridized carbons (Fsp3) is 0.0714. The number of aryl methyl sites for hydroxylation is 1. The second kappa shape index (κ2) is 5.66. The van der Waals surface area contributed by atoms with Crippen LogP contribution >= 0.6 is 15.9 Å². The highest BCUT2D eigenvalue weighted by atomic mass is 79.9. The number of carbonyl (C=O) groups is 1. The van der Waals surface area contributed by atoms with Crippen LogP contribution in [0.4, 0.5) is 18.9 Å². The van der Waals surface area contributed by atoms with Crippen molar-refractivity contribution in [3.8, 4) is 0 Å². The summed E-state index contributed by atoms with van der Waals surface area (Å²) < 4.78 is 40.2. The van der Waals surface area contributed by atoms with Gasteiger partial charge >= 0.3 is 0 Å². The van der Waals surface area contributed by atoms with E-state index >= 15 is 0 Å². The van der Waals surface area contributed by atoms with E-state index in [0.717, 1.165) is 5.56 Å². The number of anilines is 1. The molecule has 0 fully saturated rings. The molecule has 0 spiro atoms. The van der Waals surface area contributed by atoms with Gasteiger partial charge in [-0.25, -0.2) is 13.2 Å². The first-order valence-corrected chi connectivity index (χ1v) is 6.40. The van der Waals surface area contributed by atoms with Crippen LogP contribution < -0.4 is 5.32 Å². The van der Waals surface area contributed by atoms with Crippen molar-refractivity contribution in [2.75, 3.05) is 5.32 Å². The molecule has 0 radical (unpaired) electrons. The smallest absolute Gasteiger partial charge is 0.256 e. The average Bonchev–Trinajstić information content (AvgIpc) is 2.33. The molecule has 0 aliphatic rings. The van der Waals surface area contributed by atoms with Gasteiger partial charge in [-0.2, -0.15) is 0 Å². The maximum Gasteiger partial charge on any atom is 0.256 e. The Morgan fingerprint density at radius 1 is 1.10 bits per heavy atom. The molecule has 6 heteroatoms. The number of nitrogens with one attached hydrogen (secondary N) is 1. The van der Waals surface area contributed by atoms with E-state index in [9.17, 15) is 18.0 Å². The Kier molecular flexibility index (Phi) is 4.13. The first kappa shape index (κ1) is 14.6. The van der Waals surface area contributed by atoms with Crippen LogP contribution in [0.2, 0.25) is 0 Å². The summed E-state index contributed by atoms with van der Waals surface area (Å²) in [6.07, 6.45) is 0. The van der Waals surface area contributed by atoms with Crippen LogP contribution in [0.1, 0.15) is 15.9 Å². The largest absolute Gasteiger partial charge is 0.317 e. The van der Waals surface area contributed by atoms with E-state index in [1.807, 2.05) is 6.92 Å². The predicted octanol–water partition coefficient (Wildman–Crippen LogP) is 4.43. The Morgan fingerprint density at radius 3 is 2.25 bits per heavy atom. The molecule has 0 saturated heterocycles. The van der Waals surface area contributed by atoms with E-state index in [4.69, 9.17) is 0 Å². The van der Waals surface area contributed by atoms with Gasteiger partial charge in [0.1, 0.15) is 11.5 Å². The molecule has 0 aromatic heterocycles. The summed E-state index contributed by atoms with van der Waals surface area (Å²) in [6.45, 7) is 1.84. The number of amides is 1. The van der Waals surface area contributed by atoms with Crippen LogP contribution in [0.5, 0.6) is 0 Å². The third kappa shape index (κ3) is 3.01. The summed E-state index contributed by atoms with van der Waals surface area (Å²) in [5.74, 6) is -4.08. The summed E-state index contributed by atoms with van der Waals surface area (Å²) >= 11 is 3.20. The normalized spacial score (nSPS) is 10.4. The minimum Gasteiger partial charge on any atom is -0.317 e. The Morgan fingerprint density at radius 2 is 1.70 bits per heavy atom. The maximum absolute atomic E-state index is 13.4. The van der Waals surface area contributed by atoms with E-state index < -0.39 is 29.0 Å². The molecule has 2 rings (SSSR count).